The molecule has 2 aromatic rings. The molecule has 3 heterocycles. The number of nitrogens with zero attached hydrogens (tertiary/aromatic N) is 4. The van der Waals surface area contributed by atoms with Gasteiger partial charge in [0.2, 0.25) is 5.95 Å². The maximum atomic E-state index is 12.5. The number of pyridine rings is 1. The average molecular weight is 323 g/mol. The Bertz CT molecular complexity index is 756. The molecule has 2 fully saturated rings. The summed E-state index contributed by atoms with van der Waals surface area (Å²) < 4.78 is 0. The molecule has 24 heavy (non-hydrogen) atoms. The lowest BCUT2D eigenvalue weighted by atomic mass is 9.81. The lowest BCUT2D eigenvalue weighted by molar-refractivity contribution is -0.138. The van der Waals surface area contributed by atoms with Crippen LogP contribution in [0.4, 0.5) is 5.95 Å². The third kappa shape index (κ3) is 2.51. The third-order valence-electron chi connectivity index (χ3n) is 4.67. The number of amides is 2. The van der Waals surface area contributed by atoms with Crippen molar-refractivity contribution in [3.05, 3.63) is 36.8 Å². The summed E-state index contributed by atoms with van der Waals surface area (Å²) in [5.74, 6) is -0.489. The third-order valence-corrected chi connectivity index (χ3v) is 4.67. The Morgan fingerprint density at radius 1 is 1.04 bits per heavy atom. The van der Waals surface area contributed by atoms with E-state index in [-0.39, 0.29) is 29.6 Å². The number of hydrazine groups is 1. The van der Waals surface area contributed by atoms with Crippen LogP contribution in [0.2, 0.25) is 0 Å². The zero-order valence-electron chi connectivity index (χ0n) is 13.1. The largest absolute Gasteiger partial charge is 0.272 e. The predicted octanol–water partition coefficient (Wildman–Crippen LogP) is 2.04. The lowest BCUT2D eigenvalue weighted by Crippen LogP contribution is -2.37. The van der Waals surface area contributed by atoms with E-state index in [4.69, 9.17) is 0 Å². The predicted molar refractivity (Wildman–Crippen MR) is 86.2 cm³/mol. The van der Waals surface area contributed by atoms with E-state index < -0.39 is 0 Å². The normalized spacial score (nSPS) is 23.2. The highest BCUT2D eigenvalue weighted by Gasteiger charge is 2.48. The number of nitrogens with one attached hydrogen (secondary N) is 1. The van der Waals surface area contributed by atoms with Crippen LogP contribution in [0.1, 0.15) is 25.7 Å². The van der Waals surface area contributed by atoms with Crippen LogP contribution in [0.3, 0.4) is 0 Å². The second-order valence-corrected chi connectivity index (χ2v) is 6.13. The molecule has 1 aliphatic carbocycles. The monoisotopic (exact) mass is 323 g/mol. The summed E-state index contributed by atoms with van der Waals surface area (Å²) in [4.78, 5) is 37.6. The van der Waals surface area contributed by atoms with Crippen molar-refractivity contribution < 1.29 is 9.59 Å². The van der Waals surface area contributed by atoms with Crippen molar-refractivity contribution in [1.82, 2.24) is 20.0 Å². The summed E-state index contributed by atoms with van der Waals surface area (Å²) in [5, 5.41) is 1.10. The van der Waals surface area contributed by atoms with Crippen LogP contribution >= 0.6 is 0 Å². The first-order valence-electron chi connectivity index (χ1n) is 8.12. The van der Waals surface area contributed by atoms with E-state index in [9.17, 15) is 9.59 Å². The van der Waals surface area contributed by atoms with Crippen molar-refractivity contribution >= 4 is 17.8 Å². The summed E-state index contributed by atoms with van der Waals surface area (Å²) in [7, 11) is 0. The Kier molecular flexibility index (Phi) is 3.68. The number of carbonyl (C=O) groups is 2. The molecule has 122 valence electrons. The Morgan fingerprint density at radius 2 is 1.79 bits per heavy atom. The first kappa shape index (κ1) is 14.7. The summed E-state index contributed by atoms with van der Waals surface area (Å²) in [5.41, 5.74) is 4.32. The van der Waals surface area contributed by atoms with Crippen molar-refractivity contribution in [2.24, 2.45) is 11.8 Å². The van der Waals surface area contributed by atoms with Gasteiger partial charge in [0.1, 0.15) is 0 Å². The van der Waals surface area contributed by atoms with Gasteiger partial charge < -0.3 is 0 Å². The number of anilines is 1. The van der Waals surface area contributed by atoms with Gasteiger partial charge in [-0.25, -0.2) is 9.97 Å². The number of rotatable bonds is 3. The van der Waals surface area contributed by atoms with Gasteiger partial charge in [0.05, 0.1) is 17.5 Å². The molecule has 4 rings (SSSR count). The van der Waals surface area contributed by atoms with Crippen LogP contribution in [0.5, 0.6) is 0 Å². The standard InChI is InChI=1S/C17H17N5O2/c23-15-12-5-1-2-6-13(12)16(24)22(15)21-17-19-9-7-14(20-17)11-4-3-8-18-10-11/h3-4,7-10,12-13H,1-2,5-6H2,(H,19,20,21)/t12-,13+. The summed E-state index contributed by atoms with van der Waals surface area (Å²) in [6.07, 6.45) is 8.55. The first-order valence-corrected chi connectivity index (χ1v) is 8.12. The van der Waals surface area contributed by atoms with Crippen molar-refractivity contribution in [3.63, 3.8) is 0 Å². The Hall–Kier alpha value is -2.83. The van der Waals surface area contributed by atoms with Crippen LogP contribution < -0.4 is 5.43 Å². The smallest absolute Gasteiger partial charge is 0.252 e. The van der Waals surface area contributed by atoms with Gasteiger partial charge in [0.15, 0.2) is 0 Å². The SMILES string of the molecule is O=C1[C@H]2CCCC[C@H]2C(=O)N1Nc1nccc(-c2cccnc2)n1. The van der Waals surface area contributed by atoms with Gasteiger partial charge in [-0.05, 0) is 31.0 Å². The van der Waals surface area contributed by atoms with Gasteiger partial charge in [-0.15, -0.1) is 0 Å². The molecular formula is C17H17N5O2. The second-order valence-electron chi connectivity index (χ2n) is 6.13. The number of fused-ring (bicyclic) bond motifs is 1. The van der Waals surface area contributed by atoms with Crippen molar-refractivity contribution in [2.45, 2.75) is 25.7 Å². The highest BCUT2D eigenvalue weighted by atomic mass is 16.2. The van der Waals surface area contributed by atoms with E-state index in [0.29, 0.717) is 5.69 Å². The zero-order chi connectivity index (χ0) is 16.5. The average Bonchev–Trinajstić information content (AvgIpc) is 2.88. The molecule has 0 aromatic carbocycles. The Balaban J connectivity index is 1.57. The molecule has 0 bridgehead atoms. The number of imide groups is 1. The Labute approximate surface area is 139 Å². The van der Waals surface area contributed by atoms with Crippen LogP contribution in [-0.2, 0) is 9.59 Å². The number of carbonyl (C=O) groups excluding carboxylic acids is 2. The maximum absolute atomic E-state index is 12.5. The second kappa shape index (κ2) is 5.99. The molecule has 1 N–H and O–H groups in total. The summed E-state index contributed by atoms with van der Waals surface area (Å²) >= 11 is 0. The minimum Gasteiger partial charge on any atom is -0.272 e. The number of aromatic nitrogens is 3. The fourth-order valence-electron chi connectivity index (χ4n) is 3.46. The Morgan fingerprint density at radius 3 is 2.46 bits per heavy atom. The molecule has 0 unspecified atom stereocenters. The summed E-state index contributed by atoms with van der Waals surface area (Å²) in [6.45, 7) is 0. The van der Waals surface area contributed by atoms with Crippen LogP contribution in [0, 0.1) is 11.8 Å². The maximum Gasteiger partial charge on any atom is 0.252 e. The molecule has 7 heteroatoms. The van der Waals surface area contributed by atoms with E-state index in [0.717, 1.165) is 36.3 Å². The van der Waals surface area contributed by atoms with Gasteiger partial charge in [-0.1, -0.05) is 12.8 Å². The summed E-state index contributed by atoms with van der Waals surface area (Å²) in [6, 6.07) is 5.47. The molecule has 2 aromatic heterocycles. The van der Waals surface area contributed by atoms with Crippen LogP contribution in [0.15, 0.2) is 36.8 Å². The van der Waals surface area contributed by atoms with E-state index >= 15 is 0 Å². The quantitative estimate of drug-likeness (QED) is 0.870. The van der Waals surface area contributed by atoms with Crippen molar-refractivity contribution in [1.29, 1.82) is 0 Å². The molecule has 1 saturated heterocycles. The van der Waals surface area contributed by atoms with Gasteiger partial charge in [-0.2, -0.15) is 5.01 Å². The molecule has 1 aliphatic heterocycles. The first-order chi connectivity index (χ1) is 11.7. The minimum atomic E-state index is -0.194. The van der Waals surface area contributed by atoms with Crippen LogP contribution in [-0.4, -0.2) is 31.8 Å². The van der Waals surface area contributed by atoms with Crippen molar-refractivity contribution in [3.8, 4) is 11.3 Å². The highest BCUT2D eigenvalue weighted by molar-refractivity contribution is 6.06. The molecule has 2 atom stereocenters. The molecule has 7 nitrogen and oxygen atoms in total. The topological polar surface area (TPSA) is 88.1 Å². The molecule has 0 spiro atoms. The number of hydrogen-bond donors (Lipinski definition) is 1. The van der Waals surface area contributed by atoms with E-state index in [2.05, 4.69) is 20.4 Å². The molecule has 0 radical (unpaired) electrons. The molecule has 2 aliphatic rings. The minimum absolute atomic E-state index is 0.167. The van der Waals surface area contributed by atoms with Crippen molar-refractivity contribution in [2.75, 3.05) is 5.43 Å². The van der Waals surface area contributed by atoms with E-state index in [1.54, 1.807) is 24.7 Å². The van der Waals surface area contributed by atoms with Gasteiger partial charge in [0, 0.05) is 24.2 Å². The molecule has 1 saturated carbocycles. The zero-order valence-corrected chi connectivity index (χ0v) is 13.1. The lowest BCUT2D eigenvalue weighted by Gasteiger charge is -2.19. The fourth-order valence-corrected chi connectivity index (χ4v) is 3.46. The fraction of sp³-hybridized carbons (Fsp3) is 0.353. The molecular weight excluding hydrogens is 306 g/mol. The van der Waals surface area contributed by atoms with Gasteiger partial charge in [0.25, 0.3) is 11.8 Å². The van der Waals surface area contributed by atoms with Gasteiger partial charge >= 0.3 is 0 Å². The van der Waals surface area contributed by atoms with Gasteiger partial charge in [-0.3, -0.25) is 20.0 Å². The van der Waals surface area contributed by atoms with E-state index in [1.807, 2.05) is 12.1 Å². The molecule has 2 amide bonds. The van der Waals surface area contributed by atoms with Crippen LogP contribution in [0.25, 0.3) is 11.3 Å². The van der Waals surface area contributed by atoms with E-state index in [1.165, 1.54) is 0 Å². The number of hydrogen-bond acceptors (Lipinski definition) is 6. The highest BCUT2D eigenvalue weighted by Crippen LogP contribution is 2.37.